The Kier molecular flexibility index (Phi) is 5.60. The first kappa shape index (κ1) is 21.2. The summed E-state index contributed by atoms with van der Waals surface area (Å²) in [6.07, 6.45) is 0. The van der Waals surface area contributed by atoms with Crippen LogP contribution in [0.3, 0.4) is 0 Å². The van der Waals surface area contributed by atoms with E-state index in [1.54, 1.807) is 28.8 Å². The summed E-state index contributed by atoms with van der Waals surface area (Å²) in [5.74, 6) is 0.126. The molecule has 0 N–H and O–H groups in total. The minimum Gasteiger partial charge on any atom is -0.488 e. The number of halogens is 2. The molecule has 0 saturated heterocycles. The van der Waals surface area contributed by atoms with Gasteiger partial charge in [0.05, 0.1) is 5.69 Å². The van der Waals surface area contributed by atoms with Crippen LogP contribution in [0.4, 0.5) is 4.39 Å². The molecule has 0 bridgehead atoms. The van der Waals surface area contributed by atoms with Crippen molar-refractivity contribution in [1.82, 2.24) is 14.7 Å². The monoisotopic (exact) mass is 461 g/mol. The van der Waals surface area contributed by atoms with E-state index >= 15 is 0 Å². The predicted octanol–water partition coefficient (Wildman–Crippen LogP) is 5.61. The number of carbonyl (C=O) groups excluding carboxylic acids is 1. The second-order valence-corrected chi connectivity index (χ2v) is 8.44. The molecule has 1 aromatic heterocycles. The Bertz CT molecular complexity index is 1340. The number of aromatic nitrogens is 2. The van der Waals surface area contributed by atoms with Gasteiger partial charge in [0.25, 0.3) is 5.91 Å². The van der Waals surface area contributed by atoms with Gasteiger partial charge in [0.1, 0.15) is 18.2 Å². The van der Waals surface area contributed by atoms with E-state index in [0.29, 0.717) is 28.6 Å². The lowest BCUT2D eigenvalue weighted by Crippen LogP contribution is -2.31. The third kappa shape index (κ3) is 4.22. The van der Waals surface area contributed by atoms with Crippen molar-refractivity contribution in [2.24, 2.45) is 7.05 Å². The topological polar surface area (TPSA) is 47.4 Å². The molecule has 0 aliphatic carbocycles. The van der Waals surface area contributed by atoms with Crippen molar-refractivity contribution >= 4 is 17.5 Å². The van der Waals surface area contributed by atoms with Crippen LogP contribution >= 0.6 is 11.6 Å². The van der Waals surface area contributed by atoms with E-state index in [-0.39, 0.29) is 24.9 Å². The Hall–Kier alpha value is -3.64. The number of benzene rings is 3. The summed E-state index contributed by atoms with van der Waals surface area (Å²) in [5.41, 5.74) is 4.34. The molecule has 0 saturated carbocycles. The third-order valence-corrected chi connectivity index (χ3v) is 5.92. The Morgan fingerprint density at radius 3 is 2.61 bits per heavy atom. The van der Waals surface area contributed by atoms with Gasteiger partial charge in [-0.25, -0.2) is 4.39 Å². The number of fused-ring (bicyclic) bond motifs is 3. The van der Waals surface area contributed by atoms with Crippen LogP contribution in [0.2, 0.25) is 5.02 Å². The first-order chi connectivity index (χ1) is 16.0. The molecular formula is C26H21ClFN3O2. The maximum absolute atomic E-state index is 13.8. The van der Waals surface area contributed by atoms with Crippen LogP contribution in [0.15, 0.2) is 72.8 Å². The molecule has 0 atom stereocenters. The van der Waals surface area contributed by atoms with Crippen LogP contribution in [0, 0.1) is 5.82 Å². The zero-order chi connectivity index (χ0) is 22.9. The van der Waals surface area contributed by atoms with Crippen LogP contribution < -0.4 is 4.74 Å². The summed E-state index contributed by atoms with van der Waals surface area (Å²) in [5, 5.41) is 5.15. The number of carbonyl (C=O) groups is 1. The number of hydrogen-bond donors (Lipinski definition) is 0. The van der Waals surface area contributed by atoms with E-state index in [0.717, 1.165) is 22.4 Å². The molecule has 33 heavy (non-hydrogen) atoms. The fraction of sp³-hybridized carbons (Fsp3) is 0.154. The van der Waals surface area contributed by atoms with Gasteiger partial charge in [-0.05, 0) is 41.5 Å². The van der Waals surface area contributed by atoms with Crippen molar-refractivity contribution < 1.29 is 13.9 Å². The zero-order valence-electron chi connectivity index (χ0n) is 18.0. The average molecular weight is 462 g/mol. The van der Waals surface area contributed by atoms with E-state index in [4.69, 9.17) is 16.3 Å². The van der Waals surface area contributed by atoms with Gasteiger partial charge in [-0.15, -0.1) is 0 Å². The molecule has 0 unspecified atom stereocenters. The summed E-state index contributed by atoms with van der Waals surface area (Å²) >= 11 is 6.22. The van der Waals surface area contributed by atoms with Gasteiger partial charge in [-0.1, -0.05) is 54.1 Å². The second-order valence-electron chi connectivity index (χ2n) is 8.01. The summed E-state index contributed by atoms with van der Waals surface area (Å²) in [4.78, 5) is 15.5. The minimum absolute atomic E-state index is 0.234. The molecule has 1 aliphatic heterocycles. The lowest BCUT2D eigenvalue weighted by atomic mass is 10.0. The maximum atomic E-state index is 13.8. The highest BCUT2D eigenvalue weighted by Crippen LogP contribution is 2.40. The molecule has 1 amide bonds. The van der Waals surface area contributed by atoms with Gasteiger partial charge >= 0.3 is 0 Å². The molecular weight excluding hydrogens is 441 g/mol. The van der Waals surface area contributed by atoms with E-state index in [2.05, 4.69) is 5.10 Å². The van der Waals surface area contributed by atoms with Crippen molar-refractivity contribution in [3.05, 3.63) is 106 Å². The third-order valence-electron chi connectivity index (χ3n) is 5.68. The van der Waals surface area contributed by atoms with Gasteiger partial charge in [0.15, 0.2) is 5.69 Å². The minimum atomic E-state index is -0.336. The molecule has 5 rings (SSSR count). The van der Waals surface area contributed by atoms with Crippen LogP contribution in [0.1, 0.15) is 27.2 Å². The number of nitrogens with zero attached hydrogens (tertiary/aromatic N) is 3. The first-order valence-corrected chi connectivity index (χ1v) is 10.9. The Morgan fingerprint density at radius 2 is 1.82 bits per heavy atom. The fourth-order valence-electron chi connectivity index (χ4n) is 4.19. The summed E-state index contributed by atoms with van der Waals surface area (Å²) in [6.45, 7) is 0.850. The largest absolute Gasteiger partial charge is 0.488 e. The van der Waals surface area contributed by atoms with Crippen LogP contribution in [-0.4, -0.2) is 20.6 Å². The molecule has 0 radical (unpaired) electrons. The molecule has 7 heteroatoms. The summed E-state index contributed by atoms with van der Waals surface area (Å²) in [7, 11) is 1.81. The highest BCUT2D eigenvalue weighted by Gasteiger charge is 2.31. The van der Waals surface area contributed by atoms with Crippen LogP contribution in [0.5, 0.6) is 5.75 Å². The Balaban J connectivity index is 1.54. The highest BCUT2D eigenvalue weighted by molar-refractivity contribution is 6.31. The molecule has 3 aromatic carbocycles. The van der Waals surface area contributed by atoms with Gasteiger partial charge in [-0.3, -0.25) is 9.48 Å². The molecule has 0 fully saturated rings. The van der Waals surface area contributed by atoms with Crippen molar-refractivity contribution in [2.75, 3.05) is 0 Å². The number of hydrogen-bond acceptors (Lipinski definition) is 3. The SMILES string of the molecule is Cn1nc(C(=O)N(Cc2ccccc2)Cc2cccc(F)c2)c2c1-c1cc(Cl)ccc1OC2. The van der Waals surface area contributed by atoms with Crippen LogP contribution in [-0.2, 0) is 26.7 Å². The second kappa shape index (κ2) is 8.71. The molecule has 2 heterocycles. The number of aryl methyl sites for hydroxylation is 1. The van der Waals surface area contributed by atoms with Crippen LogP contribution in [0.25, 0.3) is 11.3 Å². The zero-order valence-corrected chi connectivity index (χ0v) is 18.7. The lowest BCUT2D eigenvalue weighted by Gasteiger charge is -2.24. The van der Waals surface area contributed by atoms with Crippen molar-refractivity contribution in [3.8, 4) is 17.0 Å². The Morgan fingerprint density at radius 1 is 1.06 bits per heavy atom. The van der Waals surface area contributed by atoms with Gasteiger partial charge in [-0.2, -0.15) is 5.10 Å². The standard InChI is InChI=1S/C26H21ClFN3O2/c1-30-25-21-13-19(27)10-11-23(21)33-16-22(25)24(29-30)26(32)31(14-17-6-3-2-4-7-17)15-18-8-5-9-20(28)12-18/h2-13H,14-16H2,1H3. The van der Waals surface area contributed by atoms with E-state index in [1.165, 1.54) is 12.1 Å². The van der Waals surface area contributed by atoms with Gasteiger partial charge in [0, 0.05) is 36.3 Å². The fourth-order valence-corrected chi connectivity index (χ4v) is 4.36. The van der Waals surface area contributed by atoms with E-state index in [9.17, 15) is 9.18 Å². The van der Waals surface area contributed by atoms with Gasteiger partial charge in [0.2, 0.25) is 0 Å². The molecule has 166 valence electrons. The molecule has 0 spiro atoms. The maximum Gasteiger partial charge on any atom is 0.275 e. The molecule has 5 nitrogen and oxygen atoms in total. The smallest absolute Gasteiger partial charge is 0.275 e. The Labute approximate surface area is 196 Å². The van der Waals surface area contributed by atoms with Crippen molar-refractivity contribution in [1.29, 1.82) is 0 Å². The highest BCUT2D eigenvalue weighted by atomic mass is 35.5. The van der Waals surface area contributed by atoms with Crippen molar-refractivity contribution in [2.45, 2.75) is 19.7 Å². The molecule has 1 aliphatic rings. The average Bonchev–Trinajstić information content (AvgIpc) is 3.16. The number of amides is 1. The van der Waals surface area contributed by atoms with E-state index in [1.807, 2.05) is 48.5 Å². The quantitative estimate of drug-likeness (QED) is 0.388. The number of rotatable bonds is 5. The summed E-state index contributed by atoms with van der Waals surface area (Å²) in [6, 6.07) is 21.4. The predicted molar refractivity (Wildman–Crippen MR) is 124 cm³/mol. The van der Waals surface area contributed by atoms with Crippen molar-refractivity contribution in [3.63, 3.8) is 0 Å². The van der Waals surface area contributed by atoms with E-state index < -0.39 is 0 Å². The normalized spacial score (nSPS) is 12.0. The lowest BCUT2D eigenvalue weighted by molar-refractivity contribution is 0.0720. The first-order valence-electron chi connectivity index (χ1n) is 10.6. The molecule has 4 aromatic rings. The summed E-state index contributed by atoms with van der Waals surface area (Å²) < 4.78 is 21.4. The van der Waals surface area contributed by atoms with Gasteiger partial charge < -0.3 is 9.64 Å². The number of ether oxygens (including phenoxy) is 1.